The minimum Gasteiger partial charge on any atom is -0.478 e. The predicted molar refractivity (Wildman–Crippen MR) is 64.6 cm³/mol. The number of rotatable bonds is 4. The van der Waals surface area contributed by atoms with Gasteiger partial charge in [0, 0.05) is 18.2 Å². The first kappa shape index (κ1) is 11.2. The summed E-state index contributed by atoms with van der Waals surface area (Å²) in [5.74, 6) is 0.677. The number of ether oxygens (including phenoxy) is 1. The van der Waals surface area contributed by atoms with Crippen molar-refractivity contribution in [2.45, 2.75) is 38.3 Å². The van der Waals surface area contributed by atoms with E-state index in [0.717, 1.165) is 24.9 Å². The Morgan fingerprint density at radius 3 is 2.94 bits per heavy atom. The largest absolute Gasteiger partial charge is 0.478 e. The molecule has 1 aromatic heterocycles. The highest BCUT2D eigenvalue weighted by atomic mass is 16.5. The maximum absolute atomic E-state index is 5.87. The quantitative estimate of drug-likeness (QED) is 0.813. The first-order valence-electron chi connectivity index (χ1n) is 5.89. The molecule has 1 fully saturated rings. The van der Waals surface area contributed by atoms with Crippen LogP contribution in [0.25, 0.3) is 0 Å². The Morgan fingerprint density at radius 1 is 1.50 bits per heavy atom. The molecule has 0 saturated heterocycles. The molecule has 0 spiro atoms. The lowest BCUT2D eigenvalue weighted by molar-refractivity contribution is 0.327. The molecule has 3 N–H and O–H groups in total. The molecule has 1 saturated carbocycles. The van der Waals surface area contributed by atoms with Crippen LogP contribution in [0.15, 0.2) is 18.3 Å². The van der Waals surface area contributed by atoms with Crippen LogP contribution in [0, 0.1) is 0 Å². The summed E-state index contributed by atoms with van der Waals surface area (Å²) in [4.78, 5) is 4.21. The summed E-state index contributed by atoms with van der Waals surface area (Å²) in [5, 5.41) is 3.44. The zero-order valence-electron chi connectivity index (χ0n) is 9.65. The van der Waals surface area contributed by atoms with Gasteiger partial charge in [-0.3, -0.25) is 0 Å². The minimum atomic E-state index is 0.355. The van der Waals surface area contributed by atoms with Crippen molar-refractivity contribution >= 4 is 5.69 Å². The van der Waals surface area contributed by atoms with E-state index in [1.165, 1.54) is 0 Å². The number of anilines is 1. The van der Waals surface area contributed by atoms with Gasteiger partial charge >= 0.3 is 0 Å². The number of nitrogens with zero attached hydrogens (tertiary/aromatic N) is 1. The van der Waals surface area contributed by atoms with Crippen LogP contribution in [-0.4, -0.2) is 23.7 Å². The van der Waals surface area contributed by atoms with Crippen LogP contribution in [0.1, 0.15) is 26.2 Å². The van der Waals surface area contributed by atoms with Gasteiger partial charge < -0.3 is 15.8 Å². The van der Waals surface area contributed by atoms with Gasteiger partial charge in [-0.25, -0.2) is 4.98 Å². The van der Waals surface area contributed by atoms with Gasteiger partial charge in [0.15, 0.2) is 0 Å². The predicted octanol–water partition coefficient (Wildman–Crippen LogP) is 1.77. The molecular weight excluding hydrogens is 202 g/mol. The Balaban J connectivity index is 1.89. The number of aromatic nitrogens is 1. The lowest BCUT2D eigenvalue weighted by Gasteiger charge is -2.13. The molecule has 1 aromatic rings. The Kier molecular flexibility index (Phi) is 3.62. The van der Waals surface area contributed by atoms with Crippen LogP contribution in [0.5, 0.6) is 5.88 Å². The van der Waals surface area contributed by atoms with E-state index in [1.54, 1.807) is 0 Å². The summed E-state index contributed by atoms with van der Waals surface area (Å²) in [6.45, 7) is 2.60. The fourth-order valence-corrected chi connectivity index (χ4v) is 2.08. The standard InChI is InChI=1S/C12H19N3O/c1-2-16-12-6-5-11(8-14-12)15-10-4-3-9(13)7-10/h5-6,8-10,15H,2-4,7,13H2,1H3. The Morgan fingerprint density at radius 2 is 2.38 bits per heavy atom. The third kappa shape index (κ3) is 2.85. The zero-order valence-corrected chi connectivity index (χ0v) is 9.65. The highest BCUT2D eigenvalue weighted by molar-refractivity contribution is 5.43. The molecule has 4 nitrogen and oxygen atoms in total. The van der Waals surface area contributed by atoms with E-state index in [2.05, 4.69) is 10.3 Å². The Bertz CT molecular complexity index is 326. The molecular formula is C12H19N3O. The Hall–Kier alpha value is -1.29. The smallest absolute Gasteiger partial charge is 0.213 e. The first-order chi connectivity index (χ1) is 7.78. The summed E-state index contributed by atoms with van der Waals surface area (Å²) >= 11 is 0. The van der Waals surface area contributed by atoms with E-state index < -0.39 is 0 Å². The summed E-state index contributed by atoms with van der Waals surface area (Å²) in [5.41, 5.74) is 6.91. The fourth-order valence-electron chi connectivity index (χ4n) is 2.08. The molecule has 0 amide bonds. The van der Waals surface area contributed by atoms with Crippen molar-refractivity contribution in [2.75, 3.05) is 11.9 Å². The maximum atomic E-state index is 5.87. The first-order valence-corrected chi connectivity index (χ1v) is 5.89. The lowest BCUT2D eigenvalue weighted by Crippen LogP contribution is -2.20. The number of pyridine rings is 1. The Labute approximate surface area is 96.2 Å². The molecule has 1 aliphatic carbocycles. The second-order valence-corrected chi connectivity index (χ2v) is 4.23. The summed E-state index contributed by atoms with van der Waals surface area (Å²) in [6.07, 6.45) is 5.12. The molecule has 4 heteroatoms. The van der Waals surface area contributed by atoms with Gasteiger partial charge in [0.1, 0.15) is 0 Å². The summed E-state index contributed by atoms with van der Waals surface area (Å²) in [7, 11) is 0. The molecule has 16 heavy (non-hydrogen) atoms. The minimum absolute atomic E-state index is 0.355. The van der Waals surface area contributed by atoms with Gasteiger partial charge in [0.05, 0.1) is 18.5 Å². The van der Waals surface area contributed by atoms with Crippen LogP contribution < -0.4 is 15.8 Å². The van der Waals surface area contributed by atoms with Gasteiger partial charge in [-0.1, -0.05) is 0 Å². The molecule has 2 rings (SSSR count). The third-order valence-corrected chi connectivity index (χ3v) is 2.87. The van der Waals surface area contributed by atoms with Crippen molar-refractivity contribution in [3.05, 3.63) is 18.3 Å². The van der Waals surface area contributed by atoms with Crippen LogP contribution in [0.3, 0.4) is 0 Å². The van der Waals surface area contributed by atoms with Gasteiger partial charge in [0.25, 0.3) is 0 Å². The molecule has 0 aliphatic heterocycles. The lowest BCUT2D eigenvalue weighted by atomic mass is 10.2. The molecule has 88 valence electrons. The van der Waals surface area contributed by atoms with Crippen molar-refractivity contribution in [2.24, 2.45) is 5.73 Å². The topological polar surface area (TPSA) is 60.2 Å². The number of nitrogens with one attached hydrogen (secondary N) is 1. The van der Waals surface area contributed by atoms with Crippen LogP contribution in [0.2, 0.25) is 0 Å². The highest BCUT2D eigenvalue weighted by Crippen LogP contribution is 2.22. The van der Waals surface area contributed by atoms with E-state index in [4.69, 9.17) is 10.5 Å². The zero-order chi connectivity index (χ0) is 11.4. The second kappa shape index (κ2) is 5.16. The van der Waals surface area contributed by atoms with E-state index in [0.29, 0.717) is 24.6 Å². The number of nitrogens with two attached hydrogens (primary N) is 1. The maximum Gasteiger partial charge on any atom is 0.213 e. The summed E-state index contributed by atoms with van der Waals surface area (Å²) < 4.78 is 5.29. The number of hydrogen-bond acceptors (Lipinski definition) is 4. The van der Waals surface area contributed by atoms with Crippen molar-refractivity contribution < 1.29 is 4.74 Å². The molecule has 0 aromatic carbocycles. The van der Waals surface area contributed by atoms with Gasteiger partial charge in [-0.2, -0.15) is 0 Å². The highest BCUT2D eigenvalue weighted by Gasteiger charge is 2.21. The molecule has 1 heterocycles. The SMILES string of the molecule is CCOc1ccc(NC2CCC(N)C2)cn1. The molecule has 0 radical (unpaired) electrons. The molecule has 0 bridgehead atoms. The second-order valence-electron chi connectivity index (χ2n) is 4.23. The van der Waals surface area contributed by atoms with Crippen molar-refractivity contribution in [1.29, 1.82) is 0 Å². The third-order valence-electron chi connectivity index (χ3n) is 2.87. The monoisotopic (exact) mass is 221 g/mol. The normalized spacial score (nSPS) is 24.4. The average molecular weight is 221 g/mol. The molecule has 2 atom stereocenters. The molecule has 1 aliphatic rings. The van der Waals surface area contributed by atoms with E-state index in [-0.39, 0.29) is 0 Å². The average Bonchev–Trinajstić information content (AvgIpc) is 2.67. The van der Waals surface area contributed by atoms with E-state index in [9.17, 15) is 0 Å². The van der Waals surface area contributed by atoms with Crippen LogP contribution in [-0.2, 0) is 0 Å². The number of hydrogen-bond donors (Lipinski definition) is 2. The van der Waals surface area contributed by atoms with Crippen LogP contribution >= 0.6 is 0 Å². The van der Waals surface area contributed by atoms with Gasteiger partial charge in [0.2, 0.25) is 5.88 Å². The van der Waals surface area contributed by atoms with Gasteiger partial charge in [-0.15, -0.1) is 0 Å². The van der Waals surface area contributed by atoms with Crippen molar-refractivity contribution in [3.8, 4) is 5.88 Å². The van der Waals surface area contributed by atoms with Crippen molar-refractivity contribution in [3.63, 3.8) is 0 Å². The van der Waals surface area contributed by atoms with Gasteiger partial charge in [-0.05, 0) is 32.3 Å². The fraction of sp³-hybridized carbons (Fsp3) is 0.583. The summed E-state index contributed by atoms with van der Waals surface area (Å²) in [6, 6.07) is 4.74. The van der Waals surface area contributed by atoms with E-state index in [1.807, 2.05) is 25.3 Å². The van der Waals surface area contributed by atoms with Crippen molar-refractivity contribution in [1.82, 2.24) is 4.98 Å². The van der Waals surface area contributed by atoms with E-state index >= 15 is 0 Å². The van der Waals surface area contributed by atoms with Crippen LogP contribution in [0.4, 0.5) is 5.69 Å². The molecule has 2 unspecified atom stereocenters.